The van der Waals surface area contributed by atoms with Crippen LogP contribution in [0, 0.1) is 20.8 Å². The van der Waals surface area contributed by atoms with Crippen LogP contribution in [0.15, 0.2) is 30.3 Å². The second-order valence-corrected chi connectivity index (χ2v) is 8.80. The number of hydrogen-bond acceptors (Lipinski definition) is 4. The molecule has 0 atom stereocenters. The largest absolute Gasteiger partial charge is 0.486 e. The Bertz CT molecular complexity index is 985. The van der Waals surface area contributed by atoms with E-state index in [1.165, 1.54) is 0 Å². The number of rotatable bonds is 3. The lowest BCUT2D eigenvalue weighted by atomic mass is 9.82. The number of halogens is 1. The second-order valence-electron chi connectivity index (χ2n) is 8.43. The molecule has 0 aromatic heterocycles. The fourth-order valence-corrected chi connectivity index (χ4v) is 4.39. The molecule has 1 fully saturated rings. The molecule has 2 aromatic carbocycles. The average Bonchev–Trinajstić information content (AvgIpc) is 2.71. The number of nitrogens with zero attached hydrogens (tertiary/aromatic N) is 1. The van der Waals surface area contributed by atoms with Crippen molar-refractivity contribution in [3.63, 3.8) is 0 Å². The van der Waals surface area contributed by atoms with E-state index in [-0.39, 0.29) is 18.3 Å². The monoisotopic (exact) mass is 427 g/mol. The number of hydrogen-bond donors (Lipinski definition) is 0. The van der Waals surface area contributed by atoms with Crippen molar-refractivity contribution in [1.29, 1.82) is 0 Å². The number of carbonyl (C=O) groups is 2. The van der Waals surface area contributed by atoms with Crippen LogP contribution in [0.3, 0.4) is 0 Å². The van der Waals surface area contributed by atoms with Gasteiger partial charge < -0.3 is 14.4 Å². The molecule has 2 aromatic rings. The van der Waals surface area contributed by atoms with Crippen molar-refractivity contribution < 1.29 is 19.1 Å². The summed E-state index contributed by atoms with van der Waals surface area (Å²) in [4.78, 5) is 27.1. The Balaban J connectivity index is 1.36. The maximum atomic E-state index is 12.7. The summed E-state index contributed by atoms with van der Waals surface area (Å²) in [5, 5.41) is 0.716. The van der Waals surface area contributed by atoms with Crippen LogP contribution >= 0.6 is 11.6 Å². The standard InChI is InChI=1S/C24H26ClNO4/c1-15-4-5-21-19(10-15)20(27)13-24(30-21)6-8-26(9-7-24)22(28)14-29-18-11-16(2)23(25)17(3)12-18/h4-5,10-12H,6-9,13-14H2,1-3H3. The van der Waals surface area contributed by atoms with Gasteiger partial charge in [-0.15, -0.1) is 0 Å². The topological polar surface area (TPSA) is 55.8 Å². The summed E-state index contributed by atoms with van der Waals surface area (Å²) in [6, 6.07) is 9.41. The SMILES string of the molecule is Cc1ccc2c(c1)C(=O)CC1(CCN(C(=O)COc3cc(C)c(Cl)c(C)c3)CC1)O2. The van der Waals surface area contributed by atoms with Gasteiger partial charge in [-0.3, -0.25) is 9.59 Å². The number of Topliss-reactive ketones (excluding diaryl/α,β-unsaturated/α-hetero) is 1. The van der Waals surface area contributed by atoms with Crippen LogP contribution in [0.25, 0.3) is 0 Å². The van der Waals surface area contributed by atoms with Crippen molar-refractivity contribution in [2.24, 2.45) is 0 Å². The molecule has 2 heterocycles. The third-order valence-electron chi connectivity index (χ3n) is 6.04. The van der Waals surface area contributed by atoms with Gasteiger partial charge in [0.1, 0.15) is 17.1 Å². The van der Waals surface area contributed by atoms with Crippen LogP contribution < -0.4 is 9.47 Å². The lowest BCUT2D eigenvalue weighted by Crippen LogP contribution is -2.53. The lowest BCUT2D eigenvalue weighted by Gasteiger charge is -2.44. The Morgan fingerprint density at radius 3 is 2.47 bits per heavy atom. The first-order valence-electron chi connectivity index (χ1n) is 10.3. The van der Waals surface area contributed by atoms with Crippen LogP contribution in [0.4, 0.5) is 0 Å². The highest BCUT2D eigenvalue weighted by atomic mass is 35.5. The molecule has 6 heteroatoms. The van der Waals surface area contributed by atoms with E-state index >= 15 is 0 Å². The van der Waals surface area contributed by atoms with Gasteiger partial charge in [-0.25, -0.2) is 0 Å². The van der Waals surface area contributed by atoms with Crippen LogP contribution in [0.5, 0.6) is 11.5 Å². The summed E-state index contributed by atoms with van der Waals surface area (Å²) in [5.41, 5.74) is 3.05. The van der Waals surface area contributed by atoms with Crippen LogP contribution in [-0.2, 0) is 4.79 Å². The van der Waals surface area contributed by atoms with Crippen LogP contribution in [0.2, 0.25) is 5.02 Å². The first-order chi connectivity index (χ1) is 14.3. The van der Waals surface area contributed by atoms with Gasteiger partial charge in [0.25, 0.3) is 5.91 Å². The maximum absolute atomic E-state index is 12.7. The minimum Gasteiger partial charge on any atom is -0.486 e. The van der Waals surface area contributed by atoms with Crippen molar-refractivity contribution in [2.75, 3.05) is 19.7 Å². The summed E-state index contributed by atoms with van der Waals surface area (Å²) in [7, 11) is 0. The Kier molecular flexibility index (Phi) is 5.49. The van der Waals surface area contributed by atoms with Gasteiger partial charge in [0.2, 0.25) is 0 Å². The van der Waals surface area contributed by atoms with Gasteiger partial charge in [0.15, 0.2) is 12.4 Å². The zero-order chi connectivity index (χ0) is 21.5. The molecule has 5 nitrogen and oxygen atoms in total. The normalized spacial score (nSPS) is 17.5. The van der Waals surface area contributed by atoms with Crippen molar-refractivity contribution in [3.05, 3.63) is 57.6 Å². The predicted octanol–water partition coefficient (Wildman–Crippen LogP) is 4.67. The minimum atomic E-state index is -0.513. The molecule has 4 rings (SSSR count). The Morgan fingerprint density at radius 1 is 1.13 bits per heavy atom. The van der Waals surface area contributed by atoms with E-state index in [0.717, 1.165) is 16.7 Å². The van der Waals surface area contributed by atoms with E-state index in [0.29, 0.717) is 54.4 Å². The molecule has 0 saturated carbocycles. The zero-order valence-corrected chi connectivity index (χ0v) is 18.3. The van der Waals surface area contributed by atoms with Crippen LogP contribution in [-0.4, -0.2) is 41.9 Å². The van der Waals surface area contributed by atoms with Gasteiger partial charge >= 0.3 is 0 Å². The first kappa shape index (κ1) is 20.7. The smallest absolute Gasteiger partial charge is 0.260 e. The van der Waals surface area contributed by atoms with Crippen LogP contribution in [0.1, 0.15) is 46.3 Å². The second kappa shape index (κ2) is 7.95. The number of likely N-dealkylation sites (tertiary alicyclic amines) is 1. The molecule has 0 radical (unpaired) electrons. The number of ether oxygens (including phenoxy) is 2. The van der Waals surface area contributed by atoms with E-state index < -0.39 is 5.60 Å². The van der Waals surface area contributed by atoms with Crippen molar-refractivity contribution in [1.82, 2.24) is 4.90 Å². The number of piperidine rings is 1. The van der Waals surface area contributed by atoms with Gasteiger partial charge in [-0.05, 0) is 56.2 Å². The number of carbonyl (C=O) groups excluding carboxylic acids is 2. The molecule has 2 aliphatic rings. The number of ketones is 1. The van der Waals surface area contributed by atoms with E-state index in [1.807, 2.05) is 51.1 Å². The Hall–Kier alpha value is -2.53. The summed E-state index contributed by atoms with van der Waals surface area (Å²) >= 11 is 6.19. The molecule has 0 bridgehead atoms. The number of amides is 1. The average molecular weight is 428 g/mol. The molecule has 2 aliphatic heterocycles. The fourth-order valence-electron chi connectivity index (χ4n) is 4.28. The molecule has 30 heavy (non-hydrogen) atoms. The minimum absolute atomic E-state index is 0.0184. The van der Waals surface area contributed by atoms with Gasteiger partial charge in [-0.2, -0.15) is 0 Å². The lowest BCUT2D eigenvalue weighted by molar-refractivity contribution is -0.136. The molecule has 158 valence electrons. The number of aryl methyl sites for hydroxylation is 3. The highest BCUT2D eigenvalue weighted by Crippen LogP contribution is 2.39. The Morgan fingerprint density at radius 2 is 1.80 bits per heavy atom. The molecule has 1 saturated heterocycles. The van der Waals surface area contributed by atoms with Gasteiger partial charge in [0.05, 0.1) is 12.0 Å². The third kappa shape index (κ3) is 4.04. The molecular formula is C24H26ClNO4. The van der Waals surface area contributed by atoms with Gasteiger partial charge in [-0.1, -0.05) is 23.2 Å². The van der Waals surface area contributed by atoms with E-state index in [9.17, 15) is 9.59 Å². The molecule has 0 N–H and O–H groups in total. The summed E-state index contributed by atoms with van der Waals surface area (Å²) in [6.07, 6.45) is 1.64. The maximum Gasteiger partial charge on any atom is 0.260 e. The quantitative estimate of drug-likeness (QED) is 0.714. The van der Waals surface area contributed by atoms with Crippen molar-refractivity contribution in [2.45, 2.75) is 45.6 Å². The highest BCUT2D eigenvalue weighted by Gasteiger charge is 2.43. The summed E-state index contributed by atoms with van der Waals surface area (Å²) < 4.78 is 12.0. The van der Waals surface area contributed by atoms with E-state index in [4.69, 9.17) is 21.1 Å². The molecular weight excluding hydrogens is 402 g/mol. The van der Waals surface area contributed by atoms with Gasteiger partial charge in [0, 0.05) is 31.0 Å². The molecule has 0 unspecified atom stereocenters. The summed E-state index contributed by atoms with van der Waals surface area (Å²) in [5.74, 6) is 1.36. The number of benzene rings is 2. The third-order valence-corrected chi connectivity index (χ3v) is 6.64. The molecule has 1 amide bonds. The predicted molar refractivity (Wildman–Crippen MR) is 116 cm³/mol. The first-order valence-corrected chi connectivity index (χ1v) is 10.6. The van der Waals surface area contributed by atoms with E-state index in [1.54, 1.807) is 4.90 Å². The fraction of sp³-hybridized carbons (Fsp3) is 0.417. The van der Waals surface area contributed by atoms with Crippen molar-refractivity contribution >= 4 is 23.3 Å². The number of fused-ring (bicyclic) bond motifs is 1. The Labute approximate surface area is 181 Å². The summed E-state index contributed by atoms with van der Waals surface area (Å²) in [6.45, 7) is 6.88. The van der Waals surface area contributed by atoms with Crippen molar-refractivity contribution in [3.8, 4) is 11.5 Å². The van der Waals surface area contributed by atoms with E-state index in [2.05, 4.69) is 0 Å². The zero-order valence-electron chi connectivity index (χ0n) is 17.6. The molecule has 0 aliphatic carbocycles. The molecule has 1 spiro atoms. The highest BCUT2D eigenvalue weighted by molar-refractivity contribution is 6.32.